The first-order valence-electron chi connectivity index (χ1n) is 9.56. The maximum absolute atomic E-state index is 12.4. The number of nitrogens with zero attached hydrogens (tertiary/aromatic N) is 3. The maximum atomic E-state index is 12.4. The summed E-state index contributed by atoms with van der Waals surface area (Å²) >= 11 is 0. The molecule has 6 heteroatoms. The van der Waals surface area contributed by atoms with Crippen LogP contribution in [0.15, 0.2) is 28.8 Å². The van der Waals surface area contributed by atoms with Gasteiger partial charge >= 0.3 is 0 Å². The third kappa shape index (κ3) is 4.69. The Bertz CT molecular complexity index is 728. The van der Waals surface area contributed by atoms with Crippen molar-refractivity contribution in [3.05, 3.63) is 35.7 Å². The predicted octanol–water partition coefficient (Wildman–Crippen LogP) is 3.27. The van der Waals surface area contributed by atoms with Crippen LogP contribution < -0.4 is 5.73 Å². The SMILES string of the molecule is Cc1cccc(-c2noc(C3CCCN(C(=O)CCCCCN)C3)n2)c1. The number of aryl methyl sites for hydroxylation is 1. The van der Waals surface area contributed by atoms with Gasteiger partial charge in [-0.3, -0.25) is 4.79 Å². The van der Waals surface area contributed by atoms with Crippen LogP contribution in [0, 0.1) is 6.92 Å². The first-order chi connectivity index (χ1) is 12.7. The molecule has 0 spiro atoms. The van der Waals surface area contributed by atoms with Crippen molar-refractivity contribution in [1.82, 2.24) is 15.0 Å². The third-order valence-electron chi connectivity index (χ3n) is 4.94. The van der Waals surface area contributed by atoms with E-state index >= 15 is 0 Å². The maximum Gasteiger partial charge on any atom is 0.231 e. The summed E-state index contributed by atoms with van der Waals surface area (Å²) in [5, 5.41) is 4.14. The van der Waals surface area contributed by atoms with E-state index in [0.717, 1.165) is 49.8 Å². The van der Waals surface area contributed by atoms with Gasteiger partial charge in [-0.05, 0) is 45.2 Å². The molecular formula is C20H28N4O2. The average molecular weight is 356 g/mol. The lowest BCUT2D eigenvalue weighted by molar-refractivity contribution is -0.132. The van der Waals surface area contributed by atoms with E-state index in [1.54, 1.807) is 0 Å². The molecule has 1 aromatic carbocycles. The van der Waals surface area contributed by atoms with Gasteiger partial charge in [-0.2, -0.15) is 4.98 Å². The fraction of sp³-hybridized carbons (Fsp3) is 0.550. The lowest BCUT2D eigenvalue weighted by atomic mass is 9.97. The van der Waals surface area contributed by atoms with E-state index in [1.165, 1.54) is 0 Å². The van der Waals surface area contributed by atoms with Gasteiger partial charge < -0.3 is 15.2 Å². The molecule has 26 heavy (non-hydrogen) atoms. The van der Waals surface area contributed by atoms with Crippen LogP contribution >= 0.6 is 0 Å². The van der Waals surface area contributed by atoms with Crippen LogP contribution in [0.1, 0.15) is 55.9 Å². The van der Waals surface area contributed by atoms with Crippen LogP contribution in [0.3, 0.4) is 0 Å². The summed E-state index contributed by atoms with van der Waals surface area (Å²) in [6, 6.07) is 8.07. The van der Waals surface area contributed by atoms with E-state index in [2.05, 4.69) is 10.1 Å². The summed E-state index contributed by atoms with van der Waals surface area (Å²) < 4.78 is 5.53. The van der Waals surface area contributed by atoms with Crippen LogP contribution in [0.5, 0.6) is 0 Å². The molecule has 3 rings (SSSR count). The number of likely N-dealkylation sites (tertiary alicyclic amines) is 1. The van der Waals surface area contributed by atoms with Gasteiger partial charge in [0, 0.05) is 25.1 Å². The average Bonchev–Trinajstić information content (AvgIpc) is 3.15. The number of unbranched alkanes of at least 4 members (excludes halogenated alkanes) is 2. The molecular weight excluding hydrogens is 328 g/mol. The quantitative estimate of drug-likeness (QED) is 0.770. The Hall–Kier alpha value is -2.21. The van der Waals surface area contributed by atoms with Gasteiger partial charge in [0.25, 0.3) is 0 Å². The van der Waals surface area contributed by atoms with Gasteiger partial charge in [0.15, 0.2) is 0 Å². The van der Waals surface area contributed by atoms with Gasteiger partial charge in [0.1, 0.15) is 0 Å². The first-order valence-corrected chi connectivity index (χ1v) is 9.56. The zero-order valence-corrected chi connectivity index (χ0v) is 15.5. The Morgan fingerprint density at radius 2 is 2.23 bits per heavy atom. The van der Waals surface area contributed by atoms with Crippen molar-refractivity contribution >= 4 is 5.91 Å². The Morgan fingerprint density at radius 3 is 3.04 bits per heavy atom. The molecule has 0 saturated carbocycles. The summed E-state index contributed by atoms with van der Waals surface area (Å²) in [5.41, 5.74) is 7.63. The van der Waals surface area contributed by atoms with Crippen LogP contribution in [0.2, 0.25) is 0 Å². The normalized spacial score (nSPS) is 17.5. The lowest BCUT2D eigenvalue weighted by Crippen LogP contribution is -2.39. The topological polar surface area (TPSA) is 85.2 Å². The first kappa shape index (κ1) is 18.6. The van der Waals surface area contributed by atoms with Gasteiger partial charge in [0.05, 0.1) is 5.92 Å². The molecule has 1 amide bonds. The van der Waals surface area contributed by atoms with Gasteiger partial charge in [-0.15, -0.1) is 0 Å². The molecule has 140 valence electrons. The number of carbonyl (C=O) groups excluding carboxylic acids is 1. The Kier molecular flexibility index (Phi) is 6.39. The Morgan fingerprint density at radius 1 is 1.35 bits per heavy atom. The van der Waals surface area contributed by atoms with Crippen molar-refractivity contribution in [2.45, 2.75) is 51.4 Å². The van der Waals surface area contributed by atoms with Crippen molar-refractivity contribution in [1.29, 1.82) is 0 Å². The molecule has 2 aromatic rings. The second-order valence-corrected chi connectivity index (χ2v) is 7.10. The number of nitrogens with two attached hydrogens (primary N) is 1. The van der Waals surface area contributed by atoms with E-state index in [-0.39, 0.29) is 11.8 Å². The highest BCUT2D eigenvalue weighted by molar-refractivity contribution is 5.76. The van der Waals surface area contributed by atoms with Gasteiger partial charge in [-0.25, -0.2) is 0 Å². The fourth-order valence-corrected chi connectivity index (χ4v) is 3.46. The van der Waals surface area contributed by atoms with Crippen molar-refractivity contribution in [2.24, 2.45) is 5.73 Å². The molecule has 1 fully saturated rings. The minimum Gasteiger partial charge on any atom is -0.342 e. The molecule has 0 aliphatic carbocycles. The van der Waals surface area contributed by atoms with Crippen LogP contribution in [0.4, 0.5) is 0 Å². The summed E-state index contributed by atoms with van der Waals surface area (Å²) in [6.07, 6.45) is 5.47. The molecule has 0 radical (unpaired) electrons. The molecule has 1 unspecified atom stereocenters. The van der Waals surface area contributed by atoms with E-state index in [4.69, 9.17) is 10.3 Å². The number of carbonyl (C=O) groups is 1. The van der Waals surface area contributed by atoms with Gasteiger partial charge in [0.2, 0.25) is 17.6 Å². The molecule has 2 N–H and O–H groups in total. The predicted molar refractivity (Wildman–Crippen MR) is 101 cm³/mol. The number of benzene rings is 1. The summed E-state index contributed by atoms with van der Waals surface area (Å²) in [7, 11) is 0. The van der Waals surface area contributed by atoms with Gasteiger partial charge in [-0.1, -0.05) is 35.3 Å². The highest BCUT2D eigenvalue weighted by Crippen LogP contribution is 2.28. The minimum absolute atomic E-state index is 0.128. The summed E-state index contributed by atoms with van der Waals surface area (Å²) in [5.74, 6) is 1.61. The minimum atomic E-state index is 0.128. The largest absolute Gasteiger partial charge is 0.342 e. The molecule has 1 atom stereocenters. The lowest BCUT2D eigenvalue weighted by Gasteiger charge is -2.31. The number of amides is 1. The zero-order valence-electron chi connectivity index (χ0n) is 15.5. The number of hydrogen-bond donors (Lipinski definition) is 1. The molecule has 2 heterocycles. The molecule has 1 saturated heterocycles. The number of aromatic nitrogens is 2. The van der Waals surface area contributed by atoms with Crippen LogP contribution in [-0.4, -0.2) is 40.6 Å². The van der Waals surface area contributed by atoms with Crippen molar-refractivity contribution in [2.75, 3.05) is 19.6 Å². The standard InChI is InChI=1S/C20H28N4O2/c1-15-7-5-8-16(13-15)19-22-20(26-23-19)17-9-6-12-24(14-17)18(25)10-3-2-4-11-21/h5,7-8,13,17H,2-4,6,9-12,14,21H2,1H3. The zero-order chi connectivity index (χ0) is 18.4. The highest BCUT2D eigenvalue weighted by Gasteiger charge is 2.28. The van der Waals surface area contributed by atoms with Crippen molar-refractivity contribution < 1.29 is 9.32 Å². The molecule has 1 aliphatic rings. The van der Waals surface area contributed by atoms with E-state index < -0.39 is 0 Å². The molecule has 1 aromatic heterocycles. The van der Waals surface area contributed by atoms with Crippen molar-refractivity contribution in [3.63, 3.8) is 0 Å². The fourth-order valence-electron chi connectivity index (χ4n) is 3.46. The van der Waals surface area contributed by atoms with E-state index in [0.29, 0.717) is 31.2 Å². The monoisotopic (exact) mass is 356 g/mol. The number of hydrogen-bond acceptors (Lipinski definition) is 5. The van der Waals surface area contributed by atoms with E-state index in [9.17, 15) is 4.79 Å². The summed E-state index contributed by atoms with van der Waals surface area (Å²) in [4.78, 5) is 19.0. The highest BCUT2D eigenvalue weighted by atomic mass is 16.5. The third-order valence-corrected chi connectivity index (χ3v) is 4.94. The van der Waals surface area contributed by atoms with Crippen LogP contribution in [-0.2, 0) is 4.79 Å². The second kappa shape index (κ2) is 8.94. The summed E-state index contributed by atoms with van der Waals surface area (Å²) in [6.45, 7) is 4.24. The Balaban J connectivity index is 1.60. The van der Waals surface area contributed by atoms with E-state index in [1.807, 2.05) is 36.1 Å². The molecule has 1 aliphatic heterocycles. The molecule has 0 bridgehead atoms. The molecule has 6 nitrogen and oxygen atoms in total. The Labute approximate surface area is 154 Å². The number of rotatable bonds is 7. The second-order valence-electron chi connectivity index (χ2n) is 7.10. The number of piperidine rings is 1. The van der Waals surface area contributed by atoms with Crippen molar-refractivity contribution in [3.8, 4) is 11.4 Å². The smallest absolute Gasteiger partial charge is 0.231 e. The van der Waals surface area contributed by atoms with Crippen LogP contribution in [0.25, 0.3) is 11.4 Å².